The van der Waals surface area contributed by atoms with Crippen molar-refractivity contribution in [2.45, 2.75) is 62.2 Å². The van der Waals surface area contributed by atoms with E-state index in [1.165, 1.54) is 41.2 Å². The summed E-state index contributed by atoms with van der Waals surface area (Å²) in [5, 5.41) is 17.0. The predicted molar refractivity (Wildman–Crippen MR) is 160 cm³/mol. The Morgan fingerprint density at radius 1 is 1.05 bits per heavy atom. The Kier molecular flexibility index (Phi) is 11.4. The first-order valence-corrected chi connectivity index (χ1v) is 15.9. The van der Waals surface area contributed by atoms with E-state index in [0.29, 0.717) is 26.1 Å². The molecule has 1 saturated heterocycles. The quantitative estimate of drug-likeness (QED) is 0.255. The zero-order valence-electron chi connectivity index (χ0n) is 24.4. The van der Waals surface area contributed by atoms with Gasteiger partial charge in [0.1, 0.15) is 11.6 Å². The molecule has 1 aliphatic heterocycles. The number of nitrogens with zero attached hydrogens (tertiary/aromatic N) is 1. The van der Waals surface area contributed by atoms with E-state index in [1.807, 2.05) is 18.2 Å². The van der Waals surface area contributed by atoms with Gasteiger partial charge in [-0.15, -0.1) is 0 Å². The van der Waals surface area contributed by atoms with Gasteiger partial charge in [-0.25, -0.2) is 17.2 Å². The Balaban J connectivity index is 1.46. The first-order valence-electron chi connectivity index (χ1n) is 14.4. The summed E-state index contributed by atoms with van der Waals surface area (Å²) in [4.78, 5) is 13.3. The normalized spacial score (nSPS) is 17.1. The van der Waals surface area contributed by atoms with E-state index in [-0.39, 0.29) is 35.0 Å². The highest BCUT2D eigenvalue weighted by Gasteiger charge is 2.35. The third-order valence-corrected chi connectivity index (χ3v) is 9.61. The van der Waals surface area contributed by atoms with Crippen molar-refractivity contribution < 1.29 is 31.8 Å². The molecule has 3 atom stereocenters. The number of aryl methyl sites for hydroxylation is 1. The third-order valence-electron chi connectivity index (χ3n) is 7.65. The molecule has 3 aromatic carbocycles. The molecule has 43 heavy (non-hydrogen) atoms. The number of aliphatic hydroxyl groups excluding tert-OH is 1. The molecule has 3 unspecified atom stereocenters. The molecule has 1 aliphatic rings. The highest BCUT2D eigenvalue weighted by Crippen LogP contribution is 2.26. The van der Waals surface area contributed by atoms with Crippen molar-refractivity contribution in [1.29, 1.82) is 0 Å². The molecule has 0 spiro atoms. The van der Waals surface area contributed by atoms with Gasteiger partial charge in [-0.1, -0.05) is 31.2 Å². The number of carbonyl (C=O) groups is 1. The second-order valence-electron chi connectivity index (χ2n) is 10.8. The highest BCUT2D eigenvalue weighted by atomic mass is 32.2. The molecule has 0 bridgehead atoms. The van der Waals surface area contributed by atoms with Crippen LogP contribution < -0.4 is 10.6 Å². The van der Waals surface area contributed by atoms with Gasteiger partial charge in [0.2, 0.25) is 10.0 Å². The largest absolute Gasteiger partial charge is 0.390 e. The van der Waals surface area contributed by atoms with Crippen LogP contribution in [0.25, 0.3) is 0 Å². The number of carbonyl (C=O) groups excluding carboxylic acids is 1. The molecule has 0 radical (unpaired) electrons. The smallest absolute Gasteiger partial charge is 0.251 e. The first-order chi connectivity index (χ1) is 20.6. The fourth-order valence-electron chi connectivity index (χ4n) is 5.38. The highest BCUT2D eigenvalue weighted by molar-refractivity contribution is 7.89. The molecular formula is C32H39F2N3O5S. The average molecular weight is 616 g/mol. The van der Waals surface area contributed by atoms with Crippen LogP contribution in [0.15, 0.2) is 71.6 Å². The van der Waals surface area contributed by atoms with Crippen LogP contribution in [0.3, 0.4) is 0 Å². The summed E-state index contributed by atoms with van der Waals surface area (Å²) in [6.07, 6.45) is 1.22. The molecule has 232 valence electrons. The molecule has 8 nitrogen and oxygen atoms in total. The molecule has 0 aliphatic carbocycles. The summed E-state index contributed by atoms with van der Waals surface area (Å²) in [6.45, 7) is 3.36. The van der Waals surface area contributed by atoms with Crippen LogP contribution in [0.1, 0.15) is 46.8 Å². The number of rotatable bonds is 14. The number of methoxy groups -OCH3 is 1. The molecule has 0 saturated carbocycles. The first kappa shape index (κ1) is 32.7. The van der Waals surface area contributed by atoms with Gasteiger partial charge < -0.3 is 20.5 Å². The van der Waals surface area contributed by atoms with Crippen LogP contribution in [-0.4, -0.2) is 68.7 Å². The third kappa shape index (κ3) is 8.67. The summed E-state index contributed by atoms with van der Waals surface area (Å²) in [5.74, 6) is -2.07. The van der Waals surface area contributed by atoms with Gasteiger partial charge in [-0.05, 0) is 78.8 Å². The molecule has 3 N–H and O–H groups in total. The van der Waals surface area contributed by atoms with Crippen molar-refractivity contribution in [1.82, 2.24) is 14.9 Å². The van der Waals surface area contributed by atoms with Crippen LogP contribution in [0, 0.1) is 11.6 Å². The zero-order valence-corrected chi connectivity index (χ0v) is 25.2. The number of halogens is 2. The Morgan fingerprint density at radius 3 is 2.42 bits per heavy atom. The Labute approximate surface area is 252 Å². The van der Waals surface area contributed by atoms with Crippen LogP contribution in [0.5, 0.6) is 0 Å². The van der Waals surface area contributed by atoms with E-state index in [9.17, 15) is 27.1 Å². The number of benzene rings is 3. The zero-order chi connectivity index (χ0) is 31.0. The van der Waals surface area contributed by atoms with Gasteiger partial charge in [0.05, 0.1) is 23.6 Å². The van der Waals surface area contributed by atoms with E-state index in [2.05, 4.69) is 23.6 Å². The van der Waals surface area contributed by atoms with Crippen molar-refractivity contribution in [2.75, 3.05) is 26.8 Å². The maximum absolute atomic E-state index is 13.9. The SMILES string of the molecule is CCc1cccc(CNCC(O)C(Cc2cc(F)cc(F)c2)NC(=O)c2ccc(S(=O)(=O)N3CCCC3COC)cc2)c1. The summed E-state index contributed by atoms with van der Waals surface area (Å²) >= 11 is 0. The number of hydrogen-bond acceptors (Lipinski definition) is 6. The molecule has 3 aromatic rings. The van der Waals surface area contributed by atoms with Gasteiger partial charge in [-0.2, -0.15) is 4.31 Å². The second-order valence-corrected chi connectivity index (χ2v) is 12.7. The summed E-state index contributed by atoms with van der Waals surface area (Å²) < 4.78 is 60.9. The van der Waals surface area contributed by atoms with Crippen molar-refractivity contribution in [2.24, 2.45) is 0 Å². The fraction of sp³-hybridized carbons (Fsp3) is 0.406. The number of hydrogen-bond donors (Lipinski definition) is 3. The predicted octanol–water partition coefficient (Wildman–Crippen LogP) is 3.82. The topological polar surface area (TPSA) is 108 Å². The fourth-order valence-corrected chi connectivity index (χ4v) is 7.06. The van der Waals surface area contributed by atoms with Gasteiger partial charge >= 0.3 is 0 Å². The molecule has 4 rings (SSSR count). The van der Waals surface area contributed by atoms with Crippen molar-refractivity contribution in [3.8, 4) is 0 Å². The lowest BCUT2D eigenvalue weighted by Crippen LogP contribution is -2.48. The van der Waals surface area contributed by atoms with Gasteiger partial charge in [0.15, 0.2) is 0 Å². The van der Waals surface area contributed by atoms with E-state index in [0.717, 1.165) is 36.6 Å². The van der Waals surface area contributed by atoms with Crippen LogP contribution in [0.4, 0.5) is 8.78 Å². The van der Waals surface area contributed by atoms with Crippen LogP contribution >= 0.6 is 0 Å². The summed E-state index contributed by atoms with van der Waals surface area (Å²) in [6, 6.07) is 15.6. The van der Waals surface area contributed by atoms with E-state index < -0.39 is 39.7 Å². The molecule has 1 heterocycles. The van der Waals surface area contributed by atoms with E-state index >= 15 is 0 Å². The minimum atomic E-state index is -3.77. The van der Waals surface area contributed by atoms with Crippen LogP contribution in [0.2, 0.25) is 0 Å². The summed E-state index contributed by atoms with van der Waals surface area (Å²) in [5.41, 5.74) is 2.68. The molecule has 1 fully saturated rings. The monoisotopic (exact) mass is 615 g/mol. The molecule has 0 aromatic heterocycles. The Morgan fingerprint density at radius 2 is 1.74 bits per heavy atom. The minimum Gasteiger partial charge on any atom is -0.390 e. The lowest BCUT2D eigenvalue weighted by atomic mass is 10.00. The number of sulfonamides is 1. The number of nitrogens with one attached hydrogen (secondary N) is 2. The lowest BCUT2D eigenvalue weighted by molar-refractivity contribution is 0.0829. The van der Waals surface area contributed by atoms with Crippen LogP contribution in [-0.2, 0) is 34.1 Å². The van der Waals surface area contributed by atoms with Gasteiger partial charge in [0, 0.05) is 44.4 Å². The molecule has 11 heteroatoms. The standard InChI is InChI=1S/C32H39F2N3O5S/c1-3-22-6-4-7-23(14-22)19-35-20-31(38)30(17-24-15-26(33)18-27(34)16-24)36-32(39)25-9-11-29(12-10-25)43(40,41)37-13-5-8-28(37)21-42-2/h4,6-7,9-12,14-16,18,28,30-31,35,38H,3,5,8,13,17,19-21H2,1-2H3,(H,36,39). The number of aliphatic hydroxyl groups is 1. The second kappa shape index (κ2) is 15.0. The lowest BCUT2D eigenvalue weighted by Gasteiger charge is -2.25. The van der Waals surface area contributed by atoms with Crippen molar-refractivity contribution in [3.05, 3.63) is 101 Å². The van der Waals surface area contributed by atoms with Crippen molar-refractivity contribution >= 4 is 15.9 Å². The van der Waals surface area contributed by atoms with Gasteiger partial charge in [0.25, 0.3) is 5.91 Å². The molecular weight excluding hydrogens is 576 g/mol. The van der Waals surface area contributed by atoms with Crippen molar-refractivity contribution in [3.63, 3.8) is 0 Å². The number of ether oxygens (including phenoxy) is 1. The van der Waals surface area contributed by atoms with E-state index in [1.54, 1.807) is 0 Å². The minimum absolute atomic E-state index is 0.0309. The average Bonchev–Trinajstić information content (AvgIpc) is 3.46. The maximum atomic E-state index is 13.9. The summed E-state index contributed by atoms with van der Waals surface area (Å²) in [7, 11) is -2.24. The van der Waals surface area contributed by atoms with Gasteiger partial charge in [-0.3, -0.25) is 4.79 Å². The Bertz CT molecular complexity index is 1470. The maximum Gasteiger partial charge on any atom is 0.251 e. The number of amides is 1. The Hall–Kier alpha value is -3.22. The molecule has 1 amide bonds. The van der Waals surface area contributed by atoms with E-state index in [4.69, 9.17) is 4.74 Å².